The van der Waals surface area contributed by atoms with Crippen molar-refractivity contribution in [2.45, 2.75) is 45.2 Å². The van der Waals surface area contributed by atoms with Crippen LogP contribution < -0.4 is 16.0 Å². The number of hydrogen-bond donors (Lipinski definition) is 2. The van der Waals surface area contributed by atoms with Crippen LogP contribution in [0, 0.1) is 0 Å². The zero-order valence-electron chi connectivity index (χ0n) is 10.8. The highest BCUT2D eigenvalue weighted by Crippen LogP contribution is 2.31. The van der Waals surface area contributed by atoms with Gasteiger partial charge in [0.1, 0.15) is 11.6 Å². The Labute approximate surface area is 102 Å². The molecule has 1 aromatic heterocycles. The second kappa shape index (κ2) is 4.77. The molecule has 2 unspecified atom stereocenters. The molecular formula is C12H21N5. The van der Waals surface area contributed by atoms with E-state index in [1.165, 1.54) is 12.8 Å². The molecule has 1 fully saturated rings. The van der Waals surface area contributed by atoms with Gasteiger partial charge in [0.15, 0.2) is 0 Å². The van der Waals surface area contributed by atoms with E-state index in [-0.39, 0.29) is 0 Å². The van der Waals surface area contributed by atoms with E-state index in [0.29, 0.717) is 18.0 Å². The van der Waals surface area contributed by atoms with E-state index in [0.717, 1.165) is 18.1 Å². The fraction of sp³-hybridized carbons (Fsp3) is 0.667. The lowest BCUT2D eigenvalue weighted by molar-refractivity contribution is 0.621. The van der Waals surface area contributed by atoms with Crippen molar-refractivity contribution in [3.05, 3.63) is 6.07 Å². The smallest absolute Gasteiger partial charge is 0.223 e. The van der Waals surface area contributed by atoms with Crippen LogP contribution in [0.4, 0.5) is 17.6 Å². The summed E-state index contributed by atoms with van der Waals surface area (Å²) in [5.74, 6) is 2.06. The molecule has 2 rings (SSSR count). The fourth-order valence-electron chi connectivity index (χ4n) is 2.60. The minimum atomic E-state index is 0.334. The Balaban J connectivity index is 2.34. The van der Waals surface area contributed by atoms with Crippen molar-refractivity contribution in [2.75, 3.05) is 23.0 Å². The Kier molecular flexibility index (Phi) is 3.36. The monoisotopic (exact) mass is 235 g/mol. The average molecular weight is 235 g/mol. The Hall–Kier alpha value is -1.52. The van der Waals surface area contributed by atoms with Gasteiger partial charge in [0.05, 0.1) is 0 Å². The standard InChI is InChI=1S/C12H21N5/c1-4-9-6-5-8(2)17(9)11-7-10(14-3)15-12(13)16-11/h7-9H,4-6H2,1-3H3,(H3,13,14,15,16). The number of anilines is 3. The minimum Gasteiger partial charge on any atom is -0.373 e. The topological polar surface area (TPSA) is 67.1 Å². The first-order chi connectivity index (χ1) is 8.15. The molecule has 0 radical (unpaired) electrons. The quantitative estimate of drug-likeness (QED) is 0.837. The molecule has 1 aliphatic heterocycles. The molecule has 1 aliphatic rings. The summed E-state index contributed by atoms with van der Waals surface area (Å²) in [4.78, 5) is 10.9. The molecule has 0 amide bonds. The summed E-state index contributed by atoms with van der Waals surface area (Å²) in [6.45, 7) is 4.46. The molecule has 2 atom stereocenters. The van der Waals surface area contributed by atoms with Gasteiger partial charge in [0.2, 0.25) is 5.95 Å². The van der Waals surface area contributed by atoms with Gasteiger partial charge in [0.25, 0.3) is 0 Å². The molecule has 0 bridgehead atoms. The number of rotatable bonds is 3. The van der Waals surface area contributed by atoms with Crippen LogP contribution in [-0.2, 0) is 0 Å². The number of nitrogens with one attached hydrogen (secondary N) is 1. The highest BCUT2D eigenvalue weighted by atomic mass is 15.3. The molecule has 0 saturated carbocycles. The van der Waals surface area contributed by atoms with Crippen LogP contribution in [0.25, 0.3) is 0 Å². The van der Waals surface area contributed by atoms with Crippen LogP contribution in [0.1, 0.15) is 33.1 Å². The van der Waals surface area contributed by atoms with Gasteiger partial charge in [-0.05, 0) is 26.2 Å². The zero-order chi connectivity index (χ0) is 12.4. The molecule has 94 valence electrons. The minimum absolute atomic E-state index is 0.334. The van der Waals surface area contributed by atoms with Crippen molar-refractivity contribution >= 4 is 17.6 Å². The number of hydrogen-bond acceptors (Lipinski definition) is 5. The maximum absolute atomic E-state index is 5.75. The maximum atomic E-state index is 5.75. The van der Waals surface area contributed by atoms with Gasteiger partial charge in [-0.3, -0.25) is 0 Å². The predicted molar refractivity (Wildman–Crippen MR) is 71.2 cm³/mol. The summed E-state index contributed by atoms with van der Waals surface area (Å²) in [6, 6.07) is 3.07. The molecule has 0 aliphatic carbocycles. The lowest BCUT2D eigenvalue weighted by Gasteiger charge is -2.29. The van der Waals surface area contributed by atoms with Gasteiger partial charge in [-0.15, -0.1) is 0 Å². The highest BCUT2D eigenvalue weighted by Gasteiger charge is 2.30. The third-order valence-corrected chi connectivity index (χ3v) is 3.51. The van der Waals surface area contributed by atoms with Crippen LogP contribution in [-0.4, -0.2) is 29.1 Å². The molecule has 17 heavy (non-hydrogen) atoms. The van der Waals surface area contributed by atoms with Crippen LogP contribution in [0.15, 0.2) is 6.07 Å². The Morgan fingerprint density at radius 2 is 2.24 bits per heavy atom. The van der Waals surface area contributed by atoms with E-state index in [4.69, 9.17) is 5.73 Å². The summed E-state index contributed by atoms with van der Waals surface area (Å²) < 4.78 is 0. The second-order valence-corrected chi connectivity index (χ2v) is 4.62. The SMILES string of the molecule is CCC1CCC(C)N1c1cc(NC)nc(N)n1. The highest BCUT2D eigenvalue weighted by molar-refractivity contribution is 5.54. The summed E-state index contributed by atoms with van der Waals surface area (Å²) in [5, 5.41) is 3.02. The van der Waals surface area contributed by atoms with E-state index in [9.17, 15) is 0 Å². The van der Waals surface area contributed by atoms with E-state index in [1.807, 2.05) is 13.1 Å². The third-order valence-electron chi connectivity index (χ3n) is 3.51. The third kappa shape index (κ3) is 2.28. The van der Waals surface area contributed by atoms with E-state index < -0.39 is 0 Å². The molecular weight excluding hydrogens is 214 g/mol. The van der Waals surface area contributed by atoms with Gasteiger partial charge in [-0.2, -0.15) is 9.97 Å². The van der Waals surface area contributed by atoms with Gasteiger partial charge in [-0.1, -0.05) is 6.92 Å². The summed E-state index contributed by atoms with van der Waals surface area (Å²) >= 11 is 0. The molecule has 5 nitrogen and oxygen atoms in total. The van der Waals surface area contributed by atoms with Gasteiger partial charge >= 0.3 is 0 Å². The molecule has 0 spiro atoms. The van der Waals surface area contributed by atoms with Crippen LogP contribution >= 0.6 is 0 Å². The summed E-state index contributed by atoms with van der Waals surface area (Å²) in [6.07, 6.45) is 3.59. The van der Waals surface area contributed by atoms with Crippen molar-refractivity contribution in [3.63, 3.8) is 0 Å². The number of aromatic nitrogens is 2. The largest absolute Gasteiger partial charge is 0.373 e. The maximum Gasteiger partial charge on any atom is 0.223 e. The van der Waals surface area contributed by atoms with E-state index >= 15 is 0 Å². The number of nitrogens with two attached hydrogens (primary N) is 1. The van der Waals surface area contributed by atoms with Gasteiger partial charge in [0, 0.05) is 25.2 Å². The molecule has 3 N–H and O–H groups in total. The van der Waals surface area contributed by atoms with Crippen molar-refractivity contribution in [1.29, 1.82) is 0 Å². The van der Waals surface area contributed by atoms with Gasteiger partial charge < -0.3 is 16.0 Å². The molecule has 1 saturated heterocycles. The average Bonchev–Trinajstić information content (AvgIpc) is 2.69. The van der Waals surface area contributed by atoms with Gasteiger partial charge in [-0.25, -0.2) is 0 Å². The Bertz CT molecular complexity index is 392. The first-order valence-electron chi connectivity index (χ1n) is 6.26. The van der Waals surface area contributed by atoms with Crippen LogP contribution in [0.3, 0.4) is 0 Å². The summed E-state index contributed by atoms with van der Waals surface area (Å²) in [7, 11) is 1.84. The molecule has 2 heterocycles. The first-order valence-corrected chi connectivity index (χ1v) is 6.26. The number of nitrogens with zero attached hydrogens (tertiary/aromatic N) is 3. The normalized spacial score (nSPS) is 24.1. The second-order valence-electron chi connectivity index (χ2n) is 4.62. The molecule has 0 aromatic carbocycles. The van der Waals surface area contributed by atoms with Crippen LogP contribution in [0.5, 0.6) is 0 Å². The van der Waals surface area contributed by atoms with E-state index in [2.05, 4.69) is 34.0 Å². The number of nitrogen functional groups attached to an aromatic ring is 1. The van der Waals surface area contributed by atoms with Crippen molar-refractivity contribution < 1.29 is 0 Å². The first kappa shape index (κ1) is 12.0. The van der Waals surface area contributed by atoms with Crippen LogP contribution in [0.2, 0.25) is 0 Å². The fourth-order valence-corrected chi connectivity index (χ4v) is 2.60. The van der Waals surface area contributed by atoms with Crippen molar-refractivity contribution in [1.82, 2.24) is 9.97 Å². The van der Waals surface area contributed by atoms with Crippen molar-refractivity contribution in [3.8, 4) is 0 Å². The lowest BCUT2D eigenvalue weighted by Crippen LogP contribution is -2.35. The summed E-state index contributed by atoms with van der Waals surface area (Å²) in [5.41, 5.74) is 5.75. The molecule has 5 heteroatoms. The Morgan fingerprint density at radius 3 is 2.88 bits per heavy atom. The van der Waals surface area contributed by atoms with E-state index in [1.54, 1.807) is 0 Å². The Morgan fingerprint density at radius 1 is 1.47 bits per heavy atom. The zero-order valence-corrected chi connectivity index (χ0v) is 10.8. The predicted octanol–water partition coefficient (Wildman–Crippen LogP) is 1.87. The molecule has 1 aromatic rings. The lowest BCUT2D eigenvalue weighted by atomic mass is 10.1. The van der Waals surface area contributed by atoms with Crippen molar-refractivity contribution in [2.24, 2.45) is 0 Å².